The summed E-state index contributed by atoms with van der Waals surface area (Å²) in [5.74, 6) is 0.499. The minimum absolute atomic E-state index is 0.0171. The number of carbonyl (C=O) groups excluding carboxylic acids is 1. The van der Waals surface area contributed by atoms with Gasteiger partial charge >= 0.3 is 0 Å². The second-order valence-electron chi connectivity index (χ2n) is 4.06. The summed E-state index contributed by atoms with van der Waals surface area (Å²) in [6.07, 6.45) is 0.836. The molecule has 1 unspecified atom stereocenters. The van der Waals surface area contributed by atoms with E-state index in [1.807, 2.05) is 0 Å². The lowest BCUT2D eigenvalue weighted by Crippen LogP contribution is -2.24. The van der Waals surface area contributed by atoms with Crippen LogP contribution in [0.4, 0.5) is 5.69 Å². The summed E-state index contributed by atoms with van der Waals surface area (Å²) in [5, 5.41) is 15.6. The molecule has 1 aromatic rings. The molecule has 17 heavy (non-hydrogen) atoms. The Kier molecular flexibility index (Phi) is 3.49. The van der Waals surface area contributed by atoms with Crippen molar-refractivity contribution in [2.24, 2.45) is 5.92 Å². The molecule has 0 spiro atoms. The smallest absolute Gasteiger partial charge is 0.228 e. The van der Waals surface area contributed by atoms with E-state index in [2.05, 4.69) is 10.6 Å². The van der Waals surface area contributed by atoms with Crippen molar-refractivity contribution in [2.75, 3.05) is 25.5 Å². The fourth-order valence-electron chi connectivity index (χ4n) is 1.86. The van der Waals surface area contributed by atoms with Crippen LogP contribution in [0.5, 0.6) is 11.5 Å². The van der Waals surface area contributed by atoms with Crippen LogP contribution < -0.4 is 15.4 Å². The van der Waals surface area contributed by atoms with Crippen LogP contribution in [0.25, 0.3) is 0 Å². The van der Waals surface area contributed by atoms with Gasteiger partial charge in [0.15, 0.2) is 0 Å². The summed E-state index contributed by atoms with van der Waals surface area (Å²) >= 11 is 0. The van der Waals surface area contributed by atoms with Crippen LogP contribution >= 0.6 is 0 Å². The SMILES string of the molecule is COc1ccc(NC(=O)C2CCNC2)c(O)c1. The summed E-state index contributed by atoms with van der Waals surface area (Å²) in [4.78, 5) is 11.8. The highest BCUT2D eigenvalue weighted by Crippen LogP contribution is 2.28. The summed E-state index contributed by atoms with van der Waals surface area (Å²) < 4.78 is 4.97. The van der Waals surface area contributed by atoms with Crippen LogP contribution in [0.2, 0.25) is 0 Å². The molecule has 0 saturated carbocycles. The summed E-state index contributed by atoms with van der Waals surface area (Å²) in [6.45, 7) is 1.56. The maximum atomic E-state index is 11.8. The Balaban J connectivity index is 2.05. The summed E-state index contributed by atoms with van der Waals surface area (Å²) in [5.41, 5.74) is 0.419. The fraction of sp³-hybridized carbons (Fsp3) is 0.417. The maximum absolute atomic E-state index is 11.8. The van der Waals surface area contributed by atoms with E-state index in [4.69, 9.17) is 4.74 Å². The number of amides is 1. The zero-order chi connectivity index (χ0) is 12.3. The predicted molar refractivity (Wildman–Crippen MR) is 64.3 cm³/mol. The van der Waals surface area contributed by atoms with Gasteiger partial charge in [-0.3, -0.25) is 4.79 Å². The van der Waals surface area contributed by atoms with Crippen LogP contribution in [-0.4, -0.2) is 31.2 Å². The number of anilines is 1. The van der Waals surface area contributed by atoms with Gasteiger partial charge in [0.1, 0.15) is 11.5 Å². The largest absolute Gasteiger partial charge is 0.506 e. The van der Waals surface area contributed by atoms with Crippen molar-refractivity contribution in [1.29, 1.82) is 0 Å². The Morgan fingerprint density at radius 1 is 1.59 bits per heavy atom. The first-order valence-electron chi connectivity index (χ1n) is 5.59. The Morgan fingerprint density at radius 2 is 2.41 bits per heavy atom. The number of aromatic hydroxyl groups is 1. The Labute approximate surface area is 99.8 Å². The van der Waals surface area contributed by atoms with E-state index in [9.17, 15) is 9.90 Å². The quantitative estimate of drug-likeness (QED) is 0.683. The third kappa shape index (κ3) is 2.68. The monoisotopic (exact) mass is 236 g/mol. The molecule has 1 aliphatic heterocycles. The molecular formula is C12H16N2O3. The third-order valence-electron chi connectivity index (χ3n) is 2.89. The Morgan fingerprint density at radius 3 is 3.00 bits per heavy atom. The lowest BCUT2D eigenvalue weighted by Gasteiger charge is -2.11. The maximum Gasteiger partial charge on any atom is 0.228 e. The van der Waals surface area contributed by atoms with E-state index in [1.54, 1.807) is 12.1 Å². The third-order valence-corrected chi connectivity index (χ3v) is 2.89. The van der Waals surface area contributed by atoms with E-state index < -0.39 is 0 Å². The minimum Gasteiger partial charge on any atom is -0.506 e. The molecule has 0 aromatic heterocycles. The van der Waals surface area contributed by atoms with E-state index in [0.717, 1.165) is 13.0 Å². The number of carbonyl (C=O) groups is 1. The predicted octanol–water partition coefficient (Wildman–Crippen LogP) is 0.949. The van der Waals surface area contributed by atoms with Gasteiger partial charge in [-0.05, 0) is 25.1 Å². The molecule has 1 aliphatic rings. The van der Waals surface area contributed by atoms with Gasteiger partial charge in [0.25, 0.3) is 0 Å². The molecule has 92 valence electrons. The lowest BCUT2D eigenvalue weighted by molar-refractivity contribution is -0.119. The lowest BCUT2D eigenvalue weighted by atomic mass is 10.1. The number of methoxy groups -OCH3 is 1. The molecule has 0 radical (unpaired) electrons. The average molecular weight is 236 g/mol. The number of ether oxygens (including phenoxy) is 1. The summed E-state index contributed by atoms with van der Waals surface area (Å²) in [7, 11) is 1.53. The van der Waals surface area contributed by atoms with Crippen molar-refractivity contribution in [1.82, 2.24) is 5.32 Å². The van der Waals surface area contributed by atoms with Crippen molar-refractivity contribution in [3.05, 3.63) is 18.2 Å². The highest BCUT2D eigenvalue weighted by atomic mass is 16.5. The van der Waals surface area contributed by atoms with Crippen LogP contribution in [0.15, 0.2) is 18.2 Å². The van der Waals surface area contributed by atoms with Crippen molar-refractivity contribution in [3.8, 4) is 11.5 Å². The zero-order valence-electron chi connectivity index (χ0n) is 9.69. The van der Waals surface area contributed by atoms with Gasteiger partial charge in [0, 0.05) is 12.6 Å². The number of rotatable bonds is 3. The minimum atomic E-state index is -0.0598. The molecule has 1 saturated heterocycles. The fourth-order valence-corrected chi connectivity index (χ4v) is 1.86. The second-order valence-corrected chi connectivity index (χ2v) is 4.06. The molecule has 1 aromatic carbocycles. The van der Waals surface area contributed by atoms with Gasteiger partial charge in [0.2, 0.25) is 5.91 Å². The topological polar surface area (TPSA) is 70.6 Å². The van der Waals surface area contributed by atoms with Gasteiger partial charge in [-0.15, -0.1) is 0 Å². The first kappa shape index (κ1) is 11.7. The molecule has 0 bridgehead atoms. The van der Waals surface area contributed by atoms with Crippen LogP contribution in [0.3, 0.4) is 0 Å². The van der Waals surface area contributed by atoms with Crippen LogP contribution in [0.1, 0.15) is 6.42 Å². The molecule has 2 rings (SSSR count). The standard InChI is InChI=1S/C12H16N2O3/c1-17-9-2-3-10(11(15)6-9)14-12(16)8-4-5-13-7-8/h2-3,6,8,13,15H,4-5,7H2,1H3,(H,14,16). The van der Waals surface area contributed by atoms with Crippen molar-refractivity contribution in [3.63, 3.8) is 0 Å². The van der Waals surface area contributed by atoms with Crippen molar-refractivity contribution < 1.29 is 14.6 Å². The van der Waals surface area contributed by atoms with Crippen LogP contribution in [-0.2, 0) is 4.79 Å². The molecule has 1 atom stereocenters. The molecule has 5 nitrogen and oxygen atoms in total. The van der Waals surface area contributed by atoms with Crippen LogP contribution in [0, 0.1) is 5.92 Å². The van der Waals surface area contributed by atoms with E-state index in [0.29, 0.717) is 18.0 Å². The normalized spacial score (nSPS) is 19.0. The molecule has 0 aliphatic carbocycles. The number of phenolic OH excluding ortho intramolecular Hbond substituents is 1. The first-order valence-corrected chi connectivity index (χ1v) is 5.59. The van der Waals surface area contributed by atoms with Gasteiger partial charge in [0.05, 0.1) is 18.7 Å². The molecule has 1 fully saturated rings. The number of nitrogens with one attached hydrogen (secondary N) is 2. The number of hydrogen-bond donors (Lipinski definition) is 3. The molecule has 5 heteroatoms. The second kappa shape index (κ2) is 5.05. The number of phenols is 1. The van der Waals surface area contributed by atoms with Gasteiger partial charge in [-0.1, -0.05) is 0 Å². The molecular weight excluding hydrogens is 220 g/mol. The van der Waals surface area contributed by atoms with Gasteiger partial charge in [-0.2, -0.15) is 0 Å². The Hall–Kier alpha value is -1.75. The highest BCUT2D eigenvalue weighted by molar-refractivity contribution is 5.94. The van der Waals surface area contributed by atoms with E-state index >= 15 is 0 Å². The number of benzene rings is 1. The highest BCUT2D eigenvalue weighted by Gasteiger charge is 2.22. The van der Waals surface area contributed by atoms with E-state index in [-0.39, 0.29) is 17.6 Å². The van der Waals surface area contributed by atoms with E-state index in [1.165, 1.54) is 13.2 Å². The first-order chi connectivity index (χ1) is 8.20. The van der Waals surface area contributed by atoms with Gasteiger partial charge in [-0.25, -0.2) is 0 Å². The summed E-state index contributed by atoms with van der Waals surface area (Å²) in [6, 6.07) is 4.80. The molecule has 1 amide bonds. The van der Waals surface area contributed by atoms with Gasteiger partial charge < -0.3 is 20.5 Å². The zero-order valence-corrected chi connectivity index (χ0v) is 9.69. The average Bonchev–Trinajstić information content (AvgIpc) is 2.85. The van der Waals surface area contributed by atoms with Crippen molar-refractivity contribution >= 4 is 11.6 Å². The van der Waals surface area contributed by atoms with Crippen molar-refractivity contribution in [2.45, 2.75) is 6.42 Å². The molecule has 3 N–H and O–H groups in total. The Bertz CT molecular complexity index is 414. The molecule has 1 heterocycles. The number of hydrogen-bond acceptors (Lipinski definition) is 4.